The summed E-state index contributed by atoms with van der Waals surface area (Å²) >= 11 is 0. The van der Waals surface area contributed by atoms with E-state index in [9.17, 15) is 14.7 Å². The van der Waals surface area contributed by atoms with Crippen LogP contribution in [-0.4, -0.2) is 39.5 Å². The Morgan fingerprint density at radius 2 is 2.08 bits per heavy atom. The molecule has 1 unspecified atom stereocenters. The summed E-state index contributed by atoms with van der Waals surface area (Å²) in [5, 5.41) is 15.9. The maximum absolute atomic E-state index is 12.2. The Morgan fingerprint density at radius 1 is 1.23 bits per heavy atom. The lowest BCUT2D eigenvalue weighted by molar-refractivity contribution is 0.0936. The molecule has 0 aliphatic rings. The number of aromatic amines is 1. The number of nitrogens with zero attached hydrogens (tertiary/aromatic N) is 1. The van der Waals surface area contributed by atoms with Crippen molar-refractivity contribution in [2.24, 2.45) is 0 Å². The van der Waals surface area contributed by atoms with Crippen LogP contribution in [0, 0.1) is 0 Å². The van der Waals surface area contributed by atoms with Crippen LogP contribution in [0.5, 0.6) is 5.75 Å². The first kappa shape index (κ1) is 17.5. The van der Waals surface area contributed by atoms with Crippen molar-refractivity contribution in [3.8, 4) is 5.75 Å². The second kappa shape index (κ2) is 7.69. The number of carbonyl (C=O) groups is 2. The molecule has 134 valence electrons. The molecule has 0 saturated carbocycles. The number of hydrogen-bond acceptors (Lipinski definition) is 4. The summed E-state index contributed by atoms with van der Waals surface area (Å²) in [4.78, 5) is 31.2. The van der Waals surface area contributed by atoms with Gasteiger partial charge in [0.2, 0.25) is 0 Å². The van der Waals surface area contributed by atoms with Crippen molar-refractivity contribution >= 4 is 22.7 Å². The first-order valence-corrected chi connectivity index (χ1v) is 8.34. The van der Waals surface area contributed by atoms with Crippen LogP contribution in [0.15, 0.2) is 48.8 Å². The zero-order valence-corrected chi connectivity index (χ0v) is 14.3. The van der Waals surface area contributed by atoms with Crippen molar-refractivity contribution < 1.29 is 14.7 Å². The summed E-state index contributed by atoms with van der Waals surface area (Å²) in [7, 11) is 0. The maximum Gasteiger partial charge on any atom is 0.267 e. The number of aromatic hydroxyl groups is 1. The van der Waals surface area contributed by atoms with Crippen LogP contribution in [-0.2, 0) is 0 Å². The molecule has 4 N–H and O–H groups in total. The van der Waals surface area contributed by atoms with Crippen molar-refractivity contribution in [3.63, 3.8) is 0 Å². The van der Waals surface area contributed by atoms with E-state index in [1.54, 1.807) is 42.6 Å². The summed E-state index contributed by atoms with van der Waals surface area (Å²) in [6, 6.07) is 9.88. The van der Waals surface area contributed by atoms with Gasteiger partial charge in [-0.25, -0.2) is 0 Å². The van der Waals surface area contributed by atoms with E-state index in [4.69, 9.17) is 0 Å². The zero-order chi connectivity index (χ0) is 18.5. The lowest BCUT2D eigenvalue weighted by Gasteiger charge is -2.14. The average Bonchev–Trinajstić information content (AvgIpc) is 3.05. The van der Waals surface area contributed by atoms with Crippen molar-refractivity contribution in [1.82, 2.24) is 20.6 Å². The topological polar surface area (TPSA) is 107 Å². The molecule has 2 heterocycles. The van der Waals surface area contributed by atoms with Gasteiger partial charge in [-0.15, -0.1) is 0 Å². The molecule has 2 amide bonds. The van der Waals surface area contributed by atoms with Crippen molar-refractivity contribution in [2.75, 3.05) is 6.54 Å². The van der Waals surface area contributed by atoms with E-state index in [1.165, 1.54) is 6.20 Å². The highest BCUT2D eigenvalue weighted by Gasteiger charge is 2.12. The van der Waals surface area contributed by atoms with Gasteiger partial charge >= 0.3 is 0 Å². The molecule has 3 rings (SSSR count). The van der Waals surface area contributed by atoms with Crippen molar-refractivity contribution in [3.05, 3.63) is 60.0 Å². The number of rotatable bonds is 6. The molecule has 0 spiro atoms. The number of carbonyl (C=O) groups excluding carboxylic acids is 2. The molecular formula is C19H20N4O3. The van der Waals surface area contributed by atoms with E-state index in [1.807, 2.05) is 6.92 Å². The summed E-state index contributed by atoms with van der Waals surface area (Å²) in [5.41, 5.74) is 1.72. The number of hydrogen-bond donors (Lipinski definition) is 4. The normalized spacial score (nSPS) is 11.9. The minimum absolute atomic E-state index is 0.0948. The predicted octanol–water partition coefficient (Wildman–Crippen LogP) is 2.21. The largest absolute Gasteiger partial charge is 0.508 e. The third-order valence-corrected chi connectivity index (χ3v) is 4.01. The predicted molar refractivity (Wildman–Crippen MR) is 98.1 cm³/mol. The van der Waals surface area contributed by atoms with Gasteiger partial charge < -0.3 is 20.7 Å². The molecule has 2 aromatic heterocycles. The van der Waals surface area contributed by atoms with Gasteiger partial charge in [-0.3, -0.25) is 14.6 Å². The Bertz CT molecular complexity index is 921. The Kier molecular flexibility index (Phi) is 5.17. The maximum atomic E-state index is 12.2. The van der Waals surface area contributed by atoms with Crippen LogP contribution in [0.25, 0.3) is 10.9 Å². The third-order valence-electron chi connectivity index (χ3n) is 4.01. The van der Waals surface area contributed by atoms with Crippen LogP contribution in [0.1, 0.15) is 34.2 Å². The standard InChI is InChI=1S/C19H20N4O3/c1-12(22-18(25)13-3-2-7-20-11-13)6-8-21-19(26)17-10-14-9-15(24)4-5-16(14)23-17/h2-5,7,9-12,23-24H,6,8H2,1H3,(H,21,26)(H,22,25). The molecule has 0 radical (unpaired) electrons. The fraction of sp³-hybridized carbons (Fsp3) is 0.211. The van der Waals surface area contributed by atoms with Gasteiger partial charge in [0, 0.05) is 35.9 Å². The van der Waals surface area contributed by atoms with Gasteiger partial charge in [-0.05, 0) is 49.7 Å². The highest BCUT2D eigenvalue weighted by molar-refractivity contribution is 5.98. The number of pyridine rings is 1. The lowest BCUT2D eigenvalue weighted by atomic mass is 10.2. The van der Waals surface area contributed by atoms with E-state index < -0.39 is 0 Å². The van der Waals surface area contributed by atoms with E-state index in [0.717, 1.165) is 10.9 Å². The molecule has 26 heavy (non-hydrogen) atoms. The summed E-state index contributed by atoms with van der Waals surface area (Å²) in [5.74, 6) is -0.263. The molecule has 7 nitrogen and oxygen atoms in total. The number of amides is 2. The number of phenols is 1. The molecular weight excluding hydrogens is 332 g/mol. The molecule has 0 saturated heterocycles. The lowest BCUT2D eigenvalue weighted by Crippen LogP contribution is -2.36. The first-order chi connectivity index (χ1) is 12.5. The number of benzene rings is 1. The monoisotopic (exact) mass is 352 g/mol. The smallest absolute Gasteiger partial charge is 0.267 e. The molecule has 0 fully saturated rings. The Morgan fingerprint density at radius 3 is 2.85 bits per heavy atom. The Labute approximate surface area is 150 Å². The third kappa shape index (κ3) is 4.18. The van der Waals surface area contributed by atoms with Gasteiger partial charge in [0.25, 0.3) is 11.8 Å². The molecule has 0 aliphatic heterocycles. The van der Waals surface area contributed by atoms with Crippen molar-refractivity contribution in [1.29, 1.82) is 0 Å². The van der Waals surface area contributed by atoms with E-state index in [0.29, 0.717) is 24.2 Å². The van der Waals surface area contributed by atoms with Gasteiger partial charge in [0.15, 0.2) is 0 Å². The number of nitrogens with one attached hydrogen (secondary N) is 3. The quantitative estimate of drug-likeness (QED) is 0.545. The zero-order valence-electron chi connectivity index (χ0n) is 14.3. The second-order valence-electron chi connectivity index (χ2n) is 6.12. The fourth-order valence-corrected chi connectivity index (χ4v) is 2.62. The minimum atomic E-state index is -0.230. The fourth-order valence-electron chi connectivity index (χ4n) is 2.62. The van der Waals surface area contributed by atoms with Crippen LogP contribution in [0.2, 0.25) is 0 Å². The minimum Gasteiger partial charge on any atom is -0.508 e. The molecule has 3 aromatic rings. The van der Waals surface area contributed by atoms with Crippen molar-refractivity contribution in [2.45, 2.75) is 19.4 Å². The highest BCUT2D eigenvalue weighted by atomic mass is 16.3. The van der Waals surface area contributed by atoms with Gasteiger partial charge in [0.05, 0.1) is 5.56 Å². The van der Waals surface area contributed by atoms with E-state index in [2.05, 4.69) is 20.6 Å². The molecule has 0 aliphatic carbocycles. The molecule has 0 bridgehead atoms. The van der Waals surface area contributed by atoms with E-state index >= 15 is 0 Å². The summed E-state index contributed by atoms with van der Waals surface area (Å²) in [6.07, 6.45) is 3.72. The van der Waals surface area contributed by atoms with E-state index in [-0.39, 0.29) is 23.6 Å². The Balaban J connectivity index is 1.49. The molecule has 7 heteroatoms. The Hall–Kier alpha value is -3.35. The first-order valence-electron chi connectivity index (χ1n) is 8.34. The summed E-state index contributed by atoms with van der Waals surface area (Å²) in [6.45, 7) is 2.31. The molecule has 1 atom stereocenters. The number of aromatic nitrogens is 2. The van der Waals surface area contributed by atoms with Crippen LogP contribution < -0.4 is 10.6 Å². The number of H-pyrrole nitrogens is 1. The van der Waals surface area contributed by atoms with Crippen LogP contribution in [0.4, 0.5) is 0 Å². The van der Waals surface area contributed by atoms with Gasteiger partial charge in [-0.2, -0.15) is 0 Å². The average molecular weight is 352 g/mol. The molecule has 1 aromatic carbocycles. The number of phenolic OH excluding ortho intramolecular Hbond substituents is 1. The highest BCUT2D eigenvalue weighted by Crippen LogP contribution is 2.20. The van der Waals surface area contributed by atoms with Gasteiger partial charge in [-0.1, -0.05) is 0 Å². The van der Waals surface area contributed by atoms with Gasteiger partial charge in [0.1, 0.15) is 11.4 Å². The second-order valence-corrected chi connectivity index (χ2v) is 6.12. The van der Waals surface area contributed by atoms with Crippen LogP contribution >= 0.6 is 0 Å². The SMILES string of the molecule is CC(CCNC(=O)c1cc2cc(O)ccc2[nH]1)NC(=O)c1cccnc1. The van der Waals surface area contributed by atoms with Crippen LogP contribution in [0.3, 0.4) is 0 Å². The summed E-state index contributed by atoms with van der Waals surface area (Å²) < 4.78 is 0. The number of fused-ring (bicyclic) bond motifs is 1.